The molecule has 0 aliphatic carbocycles. The number of rotatable bonds is 9. The maximum Gasteiger partial charge on any atom is 0.192 e. The molecule has 4 rings (SSSR count). The third kappa shape index (κ3) is 4.89. The number of thioether (sulfide) groups is 1. The number of carbonyl (C=O) groups is 1. The van der Waals surface area contributed by atoms with E-state index in [2.05, 4.69) is 31.9 Å². The normalized spacial score (nSPS) is 11.8. The molecule has 7 heteroatoms. The van der Waals surface area contributed by atoms with Gasteiger partial charge in [0.15, 0.2) is 16.8 Å². The van der Waals surface area contributed by atoms with Crippen LogP contribution in [0.15, 0.2) is 84.3 Å². The Morgan fingerprint density at radius 3 is 2.47 bits per heavy atom. The van der Waals surface area contributed by atoms with Gasteiger partial charge < -0.3 is 4.74 Å². The molecular weight excluding hydrogens is 420 g/mol. The number of benzene rings is 2. The first-order valence-corrected chi connectivity index (χ1v) is 11.3. The van der Waals surface area contributed by atoms with Gasteiger partial charge in [-0.15, -0.1) is 10.2 Å². The number of Topliss-reactive ketones (excluding diaryl/α,β-unsaturated/α-hetero) is 1. The third-order valence-corrected chi connectivity index (χ3v) is 6.45. The van der Waals surface area contributed by atoms with Crippen LogP contribution in [0.25, 0.3) is 11.4 Å². The summed E-state index contributed by atoms with van der Waals surface area (Å²) in [6.07, 6.45) is 4.19. The van der Waals surface area contributed by atoms with Crippen LogP contribution in [0, 0.1) is 0 Å². The van der Waals surface area contributed by atoms with E-state index < -0.39 is 0 Å². The average Bonchev–Trinajstić information content (AvgIpc) is 3.25. The van der Waals surface area contributed by atoms with Gasteiger partial charge in [0.1, 0.15) is 5.75 Å². The van der Waals surface area contributed by atoms with Crippen molar-refractivity contribution in [3.05, 3.63) is 90.3 Å². The Hall–Kier alpha value is -3.45. The molecule has 1 unspecified atom stereocenters. The van der Waals surface area contributed by atoms with E-state index in [0.717, 1.165) is 22.7 Å². The summed E-state index contributed by atoms with van der Waals surface area (Å²) in [6.45, 7) is 2.62. The van der Waals surface area contributed by atoms with Crippen molar-refractivity contribution >= 4 is 17.5 Å². The molecule has 0 saturated carbocycles. The highest BCUT2D eigenvalue weighted by molar-refractivity contribution is 8.00. The predicted octanol–water partition coefficient (Wildman–Crippen LogP) is 5.15. The average molecular weight is 445 g/mol. The van der Waals surface area contributed by atoms with Gasteiger partial charge in [-0.1, -0.05) is 49.0 Å². The lowest BCUT2D eigenvalue weighted by Crippen LogP contribution is -2.18. The Morgan fingerprint density at radius 2 is 1.81 bits per heavy atom. The summed E-state index contributed by atoms with van der Waals surface area (Å²) in [5.41, 5.74) is 2.68. The minimum atomic E-state index is -0.274. The van der Waals surface area contributed by atoms with Crippen LogP contribution >= 0.6 is 11.8 Å². The van der Waals surface area contributed by atoms with E-state index in [1.54, 1.807) is 31.6 Å². The highest BCUT2D eigenvalue weighted by Crippen LogP contribution is 2.31. The van der Waals surface area contributed by atoms with E-state index >= 15 is 0 Å². The first-order valence-electron chi connectivity index (χ1n) is 10.4. The van der Waals surface area contributed by atoms with E-state index in [1.807, 2.05) is 49.4 Å². The Kier molecular flexibility index (Phi) is 6.97. The van der Waals surface area contributed by atoms with Crippen molar-refractivity contribution in [2.24, 2.45) is 0 Å². The van der Waals surface area contributed by atoms with Gasteiger partial charge >= 0.3 is 0 Å². The van der Waals surface area contributed by atoms with Gasteiger partial charge in [-0.05, 0) is 48.4 Å². The molecule has 0 N–H and O–H groups in total. The monoisotopic (exact) mass is 444 g/mol. The van der Waals surface area contributed by atoms with Gasteiger partial charge in [0.2, 0.25) is 0 Å². The van der Waals surface area contributed by atoms with Crippen LogP contribution in [-0.2, 0) is 6.54 Å². The standard InChI is InChI=1S/C25H24N4O2S/c1-3-22(23(30)19-11-13-21(31-2)14-12-19)32-25-28-27-24(20-10-7-15-26-16-20)29(25)17-18-8-5-4-6-9-18/h4-16,22H,3,17H2,1-2H3. The minimum Gasteiger partial charge on any atom is -0.497 e. The molecule has 0 saturated heterocycles. The summed E-state index contributed by atoms with van der Waals surface area (Å²) in [6, 6.07) is 21.2. The number of methoxy groups -OCH3 is 1. The Labute approximate surface area is 191 Å². The molecular formula is C25H24N4O2S. The summed E-state index contributed by atoms with van der Waals surface area (Å²) in [7, 11) is 1.61. The van der Waals surface area contributed by atoms with E-state index in [9.17, 15) is 4.79 Å². The number of pyridine rings is 1. The van der Waals surface area contributed by atoms with Crippen molar-refractivity contribution in [2.75, 3.05) is 7.11 Å². The van der Waals surface area contributed by atoms with Crippen LogP contribution in [0.2, 0.25) is 0 Å². The Balaban J connectivity index is 1.65. The lowest BCUT2D eigenvalue weighted by atomic mass is 10.1. The molecule has 2 aromatic heterocycles. The molecule has 32 heavy (non-hydrogen) atoms. The maximum atomic E-state index is 13.2. The maximum absolute atomic E-state index is 13.2. The van der Waals surface area contributed by atoms with Crippen molar-refractivity contribution in [1.29, 1.82) is 0 Å². The van der Waals surface area contributed by atoms with Gasteiger partial charge in [-0.25, -0.2) is 0 Å². The molecule has 0 spiro atoms. The SMILES string of the molecule is CCC(Sc1nnc(-c2cccnc2)n1Cc1ccccc1)C(=O)c1ccc(OC)cc1. The molecule has 0 radical (unpaired) electrons. The number of ketones is 1. The van der Waals surface area contributed by atoms with Crippen LogP contribution in [0.1, 0.15) is 29.3 Å². The molecule has 4 aromatic rings. The number of nitrogens with zero attached hydrogens (tertiary/aromatic N) is 4. The molecule has 1 atom stereocenters. The molecule has 6 nitrogen and oxygen atoms in total. The van der Waals surface area contributed by atoms with Crippen LogP contribution in [0.3, 0.4) is 0 Å². The fourth-order valence-corrected chi connectivity index (χ4v) is 4.41. The van der Waals surface area contributed by atoms with E-state index in [-0.39, 0.29) is 11.0 Å². The summed E-state index contributed by atoms with van der Waals surface area (Å²) in [4.78, 5) is 17.4. The minimum absolute atomic E-state index is 0.0670. The molecule has 0 fully saturated rings. The van der Waals surface area contributed by atoms with Gasteiger partial charge in [-0.3, -0.25) is 14.3 Å². The second-order valence-corrected chi connectivity index (χ2v) is 8.40. The molecule has 0 bridgehead atoms. The van der Waals surface area contributed by atoms with Crippen molar-refractivity contribution < 1.29 is 9.53 Å². The lowest BCUT2D eigenvalue weighted by Gasteiger charge is -2.15. The van der Waals surface area contributed by atoms with Crippen LogP contribution in [0.4, 0.5) is 0 Å². The Morgan fingerprint density at radius 1 is 1.03 bits per heavy atom. The van der Waals surface area contributed by atoms with Crippen LogP contribution < -0.4 is 4.74 Å². The Bertz CT molecular complexity index is 1160. The first-order chi connectivity index (χ1) is 15.7. The number of ether oxygens (including phenoxy) is 1. The second kappa shape index (κ2) is 10.2. The lowest BCUT2D eigenvalue weighted by molar-refractivity contribution is 0.0988. The highest BCUT2D eigenvalue weighted by Gasteiger charge is 2.24. The quantitative estimate of drug-likeness (QED) is 0.263. The zero-order valence-electron chi connectivity index (χ0n) is 18.0. The second-order valence-electron chi connectivity index (χ2n) is 7.23. The van der Waals surface area contributed by atoms with Crippen LogP contribution in [-0.4, -0.2) is 37.9 Å². The highest BCUT2D eigenvalue weighted by atomic mass is 32.2. The van der Waals surface area contributed by atoms with Gasteiger partial charge in [0.25, 0.3) is 0 Å². The largest absolute Gasteiger partial charge is 0.497 e. The summed E-state index contributed by atoms with van der Waals surface area (Å²) >= 11 is 1.45. The van der Waals surface area contributed by atoms with E-state index in [4.69, 9.17) is 4.74 Å². The topological polar surface area (TPSA) is 69.9 Å². The summed E-state index contributed by atoms with van der Waals surface area (Å²) in [5.74, 6) is 1.53. The fourth-order valence-electron chi connectivity index (χ4n) is 3.38. The van der Waals surface area contributed by atoms with Crippen molar-refractivity contribution in [1.82, 2.24) is 19.7 Å². The molecule has 0 aliphatic heterocycles. The van der Waals surface area contributed by atoms with E-state index in [1.165, 1.54) is 11.8 Å². The summed E-state index contributed by atoms with van der Waals surface area (Å²) < 4.78 is 7.26. The van der Waals surface area contributed by atoms with Crippen molar-refractivity contribution in [2.45, 2.75) is 30.3 Å². The van der Waals surface area contributed by atoms with Gasteiger partial charge in [0, 0.05) is 23.5 Å². The van der Waals surface area contributed by atoms with Gasteiger partial charge in [0.05, 0.1) is 18.9 Å². The van der Waals surface area contributed by atoms with Crippen LogP contribution in [0.5, 0.6) is 5.75 Å². The molecule has 162 valence electrons. The molecule has 0 amide bonds. The fraction of sp³-hybridized carbons (Fsp3) is 0.200. The van der Waals surface area contributed by atoms with Crippen molar-refractivity contribution in [3.8, 4) is 17.1 Å². The zero-order chi connectivity index (χ0) is 22.3. The molecule has 2 aromatic carbocycles. The smallest absolute Gasteiger partial charge is 0.192 e. The number of hydrogen-bond donors (Lipinski definition) is 0. The summed E-state index contributed by atoms with van der Waals surface area (Å²) in [5, 5.41) is 9.34. The number of hydrogen-bond acceptors (Lipinski definition) is 6. The van der Waals surface area contributed by atoms with E-state index in [0.29, 0.717) is 23.7 Å². The predicted molar refractivity (Wildman–Crippen MR) is 126 cm³/mol. The molecule has 2 heterocycles. The zero-order valence-corrected chi connectivity index (χ0v) is 18.8. The van der Waals surface area contributed by atoms with Crippen molar-refractivity contribution in [3.63, 3.8) is 0 Å². The number of aromatic nitrogens is 4. The third-order valence-electron chi connectivity index (χ3n) is 5.11. The van der Waals surface area contributed by atoms with Gasteiger partial charge in [-0.2, -0.15) is 0 Å². The first kappa shape index (κ1) is 21.8. The molecule has 0 aliphatic rings. The number of carbonyl (C=O) groups excluding carboxylic acids is 1.